The van der Waals surface area contributed by atoms with Crippen LogP contribution >= 0.6 is 11.6 Å². The van der Waals surface area contributed by atoms with E-state index in [-0.39, 0.29) is 0 Å². The van der Waals surface area contributed by atoms with Gasteiger partial charge in [-0.05, 0) is 44.4 Å². The van der Waals surface area contributed by atoms with E-state index < -0.39 is 0 Å². The van der Waals surface area contributed by atoms with Crippen LogP contribution in [0.15, 0.2) is 18.2 Å². The van der Waals surface area contributed by atoms with Gasteiger partial charge in [-0.25, -0.2) is 0 Å². The third-order valence-electron chi connectivity index (χ3n) is 3.70. The van der Waals surface area contributed by atoms with Crippen LogP contribution in [0.5, 0.6) is 0 Å². The Morgan fingerprint density at radius 2 is 2.28 bits per heavy atom. The molecular formula is C15H23ClN2. The molecule has 2 nitrogen and oxygen atoms in total. The molecule has 0 N–H and O–H groups in total. The summed E-state index contributed by atoms with van der Waals surface area (Å²) in [7, 11) is 0. The third-order valence-corrected chi connectivity index (χ3v) is 4.14. The maximum atomic E-state index is 6.02. The first-order valence-electron chi connectivity index (χ1n) is 6.99. The van der Waals surface area contributed by atoms with E-state index >= 15 is 0 Å². The molecule has 2 rings (SSSR count). The summed E-state index contributed by atoms with van der Waals surface area (Å²) in [6.07, 6.45) is 4.99. The van der Waals surface area contributed by atoms with E-state index in [1.807, 2.05) is 0 Å². The number of aryl methyl sites for hydroxylation is 1. The van der Waals surface area contributed by atoms with Crippen LogP contribution in [-0.4, -0.2) is 35.4 Å². The van der Waals surface area contributed by atoms with Crippen molar-refractivity contribution < 1.29 is 0 Å². The van der Waals surface area contributed by atoms with Crippen molar-refractivity contribution in [3.05, 3.63) is 29.6 Å². The number of alkyl halides is 1. The Morgan fingerprint density at radius 1 is 1.39 bits per heavy atom. The highest BCUT2D eigenvalue weighted by atomic mass is 35.5. The Labute approximate surface area is 115 Å². The van der Waals surface area contributed by atoms with Crippen LogP contribution in [0.2, 0.25) is 0 Å². The molecule has 100 valence electrons. The number of pyridine rings is 1. The number of aromatic nitrogens is 1. The zero-order chi connectivity index (χ0) is 12.8. The van der Waals surface area contributed by atoms with Crippen molar-refractivity contribution in [1.29, 1.82) is 0 Å². The van der Waals surface area contributed by atoms with Gasteiger partial charge in [-0.2, -0.15) is 0 Å². The predicted molar refractivity (Wildman–Crippen MR) is 77.2 cm³/mol. The number of likely N-dealkylation sites (tertiary alicyclic amines) is 1. The molecule has 0 bridgehead atoms. The van der Waals surface area contributed by atoms with Crippen LogP contribution in [-0.2, 0) is 6.42 Å². The third kappa shape index (κ3) is 4.25. The standard InChI is InChI=1S/C15H23ClN2/c1-13-5-4-7-15(17-13)8-10-18-9-3-2-6-14(11-16)12-18/h4-5,7,14H,2-3,6,8-12H2,1H3. The summed E-state index contributed by atoms with van der Waals surface area (Å²) >= 11 is 6.02. The van der Waals surface area contributed by atoms with E-state index in [0.29, 0.717) is 5.92 Å². The fourth-order valence-electron chi connectivity index (χ4n) is 2.66. The maximum absolute atomic E-state index is 6.02. The summed E-state index contributed by atoms with van der Waals surface area (Å²) < 4.78 is 0. The van der Waals surface area contributed by atoms with Gasteiger partial charge in [-0.1, -0.05) is 12.5 Å². The molecule has 1 aromatic rings. The minimum Gasteiger partial charge on any atom is -0.303 e. The van der Waals surface area contributed by atoms with E-state index in [1.165, 1.54) is 31.5 Å². The van der Waals surface area contributed by atoms with Crippen LogP contribution in [0.4, 0.5) is 0 Å². The van der Waals surface area contributed by atoms with Gasteiger partial charge in [0.25, 0.3) is 0 Å². The Bertz CT molecular complexity index is 367. The van der Waals surface area contributed by atoms with Crippen LogP contribution in [0.3, 0.4) is 0 Å². The van der Waals surface area contributed by atoms with Crippen molar-refractivity contribution in [2.75, 3.05) is 25.5 Å². The molecule has 18 heavy (non-hydrogen) atoms. The molecule has 1 aromatic heterocycles. The molecule has 0 saturated carbocycles. The number of nitrogens with zero attached hydrogens (tertiary/aromatic N) is 2. The van der Waals surface area contributed by atoms with Crippen molar-refractivity contribution in [2.45, 2.75) is 32.6 Å². The van der Waals surface area contributed by atoms with Gasteiger partial charge < -0.3 is 4.90 Å². The molecule has 1 aliphatic rings. The number of hydrogen-bond donors (Lipinski definition) is 0. The van der Waals surface area contributed by atoms with Gasteiger partial charge in [0.1, 0.15) is 0 Å². The molecule has 0 aliphatic carbocycles. The zero-order valence-corrected chi connectivity index (χ0v) is 12.0. The van der Waals surface area contributed by atoms with Crippen LogP contribution in [0.1, 0.15) is 30.7 Å². The first-order valence-corrected chi connectivity index (χ1v) is 7.52. The quantitative estimate of drug-likeness (QED) is 0.778. The van der Waals surface area contributed by atoms with Crippen molar-refractivity contribution in [1.82, 2.24) is 9.88 Å². The molecule has 1 fully saturated rings. The molecule has 3 heteroatoms. The lowest BCUT2D eigenvalue weighted by atomic mass is 10.1. The van der Waals surface area contributed by atoms with Crippen molar-refractivity contribution in [3.63, 3.8) is 0 Å². The van der Waals surface area contributed by atoms with Gasteiger partial charge in [0.2, 0.25) is 0 Å². The Balaban J connectivity index is 1.85. The average Bonchev–Trinajstić information content (AvgIpc) is 2.61. The van der Waals surface area contributed by atoms with Crippen LogP contribution in [0, 0.1) is 12.8 Å². The van der Waals surface area contributed by atoms with Gasteiger partial charge in [0.15, 0.2) is 0 Å². The lowest BCUT2D eigenvalue weighted by Gasteiger charge is -2.22. The average molecular weight is 267 g/mol. The topological polar surface area (TPSA) is 16.1 Å². The minimum absolute atomic E-state index is 0.680. The summed E-state index contributed by atoms with van der Waals surface area (Å²) in [6.45, 7) is 5.55. The second kappa shape index (κ2) is 7.10. The second-order valence-corrected chi connectivity index (χ2v) is 5.65. The van der Waals surface area contributed by atoms with Crippen molar-refractivity contribution in [3.8, 4) is 0 Å². The first kappa shape index (κ1) is 13.8. The lowest BCUT2D eigenvalue weighted by molar-refractivity contribution is 0.260. The summed E-state index contributed by atoms with van der Waals surface area (Å²) in [4.78, 5) is 7.13. The normalized spacial score (nSPS) is 21.8. The molecule has 1 unspecified atom stereocenters. The van der Waals surface area contributed by atoms with E-state index in [0.717, 1.165) is 31.1 Å². The molecule has 0 radical (unpaired) electrons. The Hall–Kier alpha value is -0.600. The van der Waals surface area contributed by atoms with Crippen LogP contribution < -0.4 is 0 Å². The Morgan fingerprint density at radius 3 is 3.06 bits per heavy atom. The van der Waals surface area contributed by atoms with Crippen molar-refractivity contribution in [2.24, 2.45) is 5.92 Å². The maximum Gasteiger partial charge on any atom is 0.0419 e. The second-order valence-electron chi connectivity index (χ2n) is 5.34. The number of hydrogen-bond acceptors (Lipinski definition) is 2. The van der Waals surface area contributed by atoms with Crippen molar-refractivity contribution >= 4 is 11.6 Å². The SMILES string of the molecule is Cc1cccc(CCN2CCCCC(CCl)C2)n1. The minimum atomic E-state index is 0.680. The molecule has 1 aliphatic heterocycles. The van der Waals surface area contributed by atoms with E-state index in [9.17, 15) is 0 Å². The predicted octanol–water partition coefficient (Wildman–Crippen LogP) is 3.27. The summed E-state index contributed by atoms with van der Waals surface area (Å²) in [6, 6.07) is 6.28. The van der Waals surface area contributed by atoms with Gasteiger partial charge in [0, 0.05) is 36.8 Å². The van der Waals surface area contributed by atoms with Crippen LogP contribution in [0.25, 0.3) is 0 Å². The molecule has 0 amide bonds. The Kier molecular flexibility index (Phi) is 5.45. The first-order chi connectivity index (χ1) is 8.78. The summed E-state index contributed by atoms with van der Waals surface area (Å²) in [5.74, 6) is 1.48. The van der Waals surface area contributed by atoms with Gasteiger partial charge in [-0.3, -0.25) is 4.98 Å². The van der Waals surface area contributed by atoms with E-state index in [1.54, 1.807) is 0 Å². The summed E-state index contributed by atoms with van der Waals surface area (Å²) in [5.41, 5.74) is 2.32. The van der Waals surface area contributed by atoms with Gasteiger partial charge in [0.05, 0.1) is 0 Å². The highest BCUT2D eigenvalue weighted by Crippen LogP contribution is 2.17. The largest absolute Gasteiger partial charge is 0.303 e. The highest BCUT2D eigenvalue weighted by Gasteiger charge is 2.17. The smallest absolute Gasteiger partial charge is 0.0419 e. The zero-order valence-electron chi connectivity index (χ0n) is 11.2. The van der Waals surface area contributed by atoms with E-state index in [4.69, 9.17) is 11.6 Å². The highest BCUT2D eigenvalue weighted by molar-refractivity contribution is 6.18. The molecular weight excluding hydrogens is 244 g/mol. The number of rotatable bonds is 4. The molecule has 2 heterocycles. The molecule has 1 saturated heterocycles. The summed E-state index contributed by atoms with van der Waals surface area (Å²) in [5, 5.41) is 0. The lowest BCUT2D eigenvalue weighted by Crippen LogP contribution is -2.31. The van der Waals surface area contributed by atoms with Gasteiger partial charge in [-0.15, -0.1) is 11.6 Å². The number of halogens is 1. The van der Waals surface area contributed by atoms with E-state index in [2.05, 4.69) is 35.0 Å². The molecule has 0 spiro atoms. The fourth-order valence-corrected chi connectivity index (χ4v) is 2.91. The fraction of sp³-hybridized carbons (Fsp3) is 0.667. The van der Waals surface area contributed by atoms with Gasteiger partial charge >= 0.3 is 0 Å². The monoisotopic (exact) mass is 266 g/mol. The molecule has 1 atom stereocenters. The molecule has 0 aromatic carbocycles.